The Morgan fingerprint density at radius 1 is 1.69 bits per heavy atom. The number of ether oxygens (including phenoxy) is 1. The first kappa shape index (κ1) is 10.2. The third-order valence-electron chi connectivity index (χ3n) is 2.38. The summed E-state index contributed by atoms with van der Waals surface area (Å²) < 4.78 is 16.1. The second kappa shape index (κ2) is 3.90. The van der Waals surface area contributed by atoms with E-state index in [1.807, 2.05) is 6.08 Å². The Morgan fingerprint density at radius 2 is 2.31 bits per heavy atom. The molecule has 0 heterocycles. The highest BCUT2D eigenvalue weighted by Gasteiger charge is 2.43. The smallest absolute Gasteiger partial charge is 0.330 e. The molecule has 0 bridgehead atoms. The largest absolute Gasteiger partial charge is 0.460 e. The lowest BCUT2D eigenvalue weighted by Crippen LogP contribution is -2.03. The van der Waals surface area contributed by atoms with Crippen LogP contribution in [0.4, 0.5) is 4.39 Å². The summed E-state index contributed by atoms with van der Waals surface area (Å²) in [5.74, 6) is 0.0331. The lowest BCUT2D eigenvalue weighted by atomic mass is 10.1. The van der Waals surface area contributed by atoms with Crippen LogP contribution in [0.5, 0.6) is 0 Å². The predicted octanol–water partition coefficient (Wildman–Crippen LogP) is 2.10. The fraction of sp³-hybridized carbons (Fsp3) is 0.700. The third-order valence-corrected chi connectivity index (χ3v) is 2.38. The van der Waals surface area contributed by atoms with Gasteiger partial charge in [0, 0.05) is 6.08 Å². The summed E-state index contributed by atoms with van der Waals surface area (Å²) in [6.07, 6.45) is 4.36. The Hall–Kier alpha value is -0.860. The van der Waals surface area contributed by atoms with E-state index in [4.69, 9.17) is 0 Å². The number of rotatable bonds is 4. The van der Waals surface area contributed by atoms with Crippen LogP contribution in [-0.2, 0) is 9.53 Å². The van der Waals surface area contributed by atoms with Crippen LogP contribution in [0.2, 0.25) is 0 Å². The summed E-state index contributed by atoms with van der Waals surface area (Å²) in [6, 6.07) is 0. The van der Waals surface area contributed by atoms with Crippen LogP contribution in [0.15, 0.2) is 12.2 Å². The molecule has 13 heavy (non-hydrogen) atoms. The zero-order valence-corrected chi connectivity index (χ0v) is 8.05. The minimum absolute atomic E-state index is 0.142. The zero-order chi connectivity index (χ0) is 9.90. The van der Waals surface area contributed by atoms with E-state index in [0.717, 1.165) is 6.42 Å². The second-order valence-corrected chi connectivity index (χ2v) is 4.01. The third kappa shape index (κ3) is 3.17. The molecule has 0 radical (unpaired) electrons. The molecule has 0 aromatic rings. The number of alkyl halides is 1. The van der Waals surface area contributed by atoms with Crippen molar-refractivity contribution in [2.45, 2.75) is 20.3 Å². The van der Waals surface area contributed by atoms with Gasteiger partial charge >= 0.3 is 5.97 Å². The molecule has 1 aliphatic rings. The number of allylic oxidation sites excluding steroid dienone is 1. The van der Waals surface area contributed by atoms with E-state index in [1.165, 1.54) is 6.08 Å². The molecule has 0 aromatic carbocycles. The van der Waals surface area contributed by atoms with Gasteiger partial charge in [-0.05, 0) is 17.8 Å². The van der Waals surface area contributed by atoms with Crippen LogP contribution in [0.3, 0.4) is 0 Å². The number of halogens is 1. The fourth-order valence-corrected chi connectivity index (χ4v) is 1.22. The van der Waals surface area contributed by atoms with Gasteiger partial charge < -0.3 is 4.74 Å². The van der Waals surface area contributed by atoms with Gasteiger partial charge in [-0.15, -0.1) is 0 Å². The average Bonchev–Trinajstić information content (AvgIpc) is 2.67. The van der Waals surface area contributed by atoms with Crippen molar-refractivity contribution in [3.05, 3.63) is 12.2 Å². The van der Waals surface area contributed by atoms with Gasteiger partial charge in [0.15, 0.2) is 0 Å². The van der Waals surface area contributed by atoms with E-state index in [9.17, 15) is 9.18 Å². The monoisotopic (exact) mass is 186 g/mol. The fourth-order valence-electron chi connectivity index (χ4n) is 1.22. The van der Waals surface area contributed by atoms with Crippen molar-refractivity contribution in [2.24, 2.45) is 11.3 Å². The van der Waals surface area contributed by atoms with Gasteiger partial charge in [0.1, 0.15) is 13.3 Å². The highest BCUT2D eigenvalue weighted by Crippen LogP contribution is 2.52. The normalized spacial score (nSPS) is 24.7. The highest BCUT2D eigenvalue weighted by molar-refractivity contribution is 5.82. The molecule has 1 fully saturated rings. The molecule has 0 N–H and O–H groups in total. The van der Waals surface area contributed by atoms with E-state index >= 15 is 0 Å². The molecule has 1 unspecified atom stereocenters. The number of hydrogen-bond donors (Lipinski definition) is 0. The average molecular weight is 186 g/mol. The summed E-state index contributed by atoms with van der Waals surface area (Å²) >= 11 is 0. The molecule has 1 aliphatic carbocycles. The standard InChI is InChI=1S/C10H15FO2/c1-10(2)7-8(10)3-4-9(12)13-6-5-11/h3-4,8H,5-7H2,1-2H3. The van der Waals surface area contributed by atoms with Gasteiger partial charge in [0.2, 0.25) is 0 Å². The van der Waals surface area contributed by atoms with Crippen molar-refractivity contribution in [1.29, 1.82) is 0 Å². The summed E-state index contributed by atoms with van der Waals surface area (Å²) in [5.41, 5.74) is 0.330. The SMILES string of the molecule is CC1(C)CC1C=CC(=O)OCCF. The molecule has 0 aromatic heterocycles. The first-order valence-corrected chi connectivity index (χ1v) is 4.47. The van der Waals surface area contributed by atoms with Crippen molar-refractivity contribution in [3.63, 3.8) is 0 Å². The number of hydrogen-bond acceptors (Lipinski definition) is 2. The van der Waals surface area contributed by atoms with E-state index in [2.05, 4.69) is 18.6 Å². The molecule has 1 rings (SSSR count). The Balaban J connectivity index is 2.21. The maximum Gasteiger partial charge on any atom is 0.330 e. The van der Waals surface area contributed by atoms with Gasteiger partial charge in [-0.1, -0.05) is 19.9 Å². The molecule has 74 valence electrons. The van der Waals surface area contributed by atoms with Crippen molar-refractivity contribution in [1.82, 2.24) is 0 Å². The topological polar surface area (TPSA) is 26.3 Å². The Kier molecular flexibility index (Phi) is 3.07. The van der Waals surface area contributed by atoms with Gasteiger partial charge in [0.05, 0.1) is 0 Å². The van der Waals surface area contributed by atoms with Crippen LogP contribution in [0.25, 0.3) is 0 Å². The quantitative estimate of drug-likeness (QED) is 0.496. The van der Waals surface area contributed by atoms with E-state index < -0.39 is 12.6 Å². The second-order valence-electron chi connectivity index (χ2n) is 4.01. The van der Waals surface area contributed by atoms with E-state index in [1.54, 1.807) is 0 Å². The Labute approximate surface area is 77.8 Å². The van der Waals surface area contributed by atoms with Crippen molar-refractivity contribution in [2.75, 3.05) is 13.3 Å². The number of carbonyl (C=O) groups excluding carboxylic acids is 1. The summed E-state index contributed by atoms with van der Waals surface area (Å²) in [7, 11) is 0. The maximum atomic E-state index is 11.6. The molecule has 0 spiro atoms. The van der Waals surface area contributed by atoms with Crippen LogP contribution >= 0.6 is 0 Å². The van der Waals surface area contributed by atoms with Crippen molar-refractivity contribution < 1.29 is 13.9 Å². The Bertz CT molecular complexity index is 221. The maximum absolute atomic E-state index is 11.6. The lowest BCUT2D eigenvalue weighted by molar-refractivity contribution is -0.138. The molecule has 1 atom stereocenters. The molecule has 3 heteroatoms. The van der Waals surface area contributed by atoms with E-state index in [-0.39, 0.29) is 6.61 Å². The van der Waals surface area contributed by atoms with Crippen LogP contribution in [-0.4, -0.2) is 19.3 Å². The minimum Gasteiger partial charge on any atom is -0.460 e. The van der Waals surface area contributed by atoms with E-state index in [0.29, 0.717) is 11.3 Å². The molecule has 0 amide bonds. The first-order valence-electron chi connectivity index (χ1n) is 4.47. The van der Waals surface area contributed by atoms with Gasteiger partial charge in [-0.2, -0.15) is 0 Å². The molecular weight excluding hydrogens is 171 g/mol. The molecule has 0 aliphatic heterocycles. The van der Waals surface area contributed by atoms with Crippen LogP contribution in [0, 0.1) is 11.3 Å². The summed E-state index contributed by atoms with van der Waals surface area (Å²) in [5, 5.41) is 0. The first-order chi connectivity index (χ1) is 6.06. The van der Waals surface area contributed by atoms with Crippen molar-refractivity contribution in [3.8, 4) is 0 Å². The summed E-state index contributed by atoms with van der Waals surface area (Å²) in [6.45, 7) is 3.54. The predicted molar refractivity (Wildman–Crippen MR) is 48.0 cm³/mol. The Morgan fingerprint density at radius 3 is 2.77 bits per heavy atom. The van der Waals surface area contributed by atoms with Crippen LogP contribution < -0.4 is 0 Å². The number of esters is 1. The minimum atomic E-state index is -0.617. The molecule has 0 saturated heterocycles. The van der Waals surface area contributed by atoms with Gasteiger partial charge in [-0.3, -0.25) is 0 Å². The zero-order valence-electron chi connectivity index (χ0n) is 8.05. The lowest BCUT2D eigenvalue weighted by Gasteiger charge is -1.97. The van der Waals surface area contributed by atoms with Crippen molar-refractivity contribution >= 4 is 5.97 Å². The van der Waals surface area contributed by atoms with Gasteiger partial charge in [-0.25, -0.2) is 9.18 Å². The van der Waals surface area contributed by atoms with Gasteiger partial charge in [0.25, 0.3) is 0 Å². The highest BCUT2D eigenvalue weighted by atomic mass is 19.1. The molecule has 1 saturated carbocycles. The van der Waals surface area contributed by atoms with Crippen LogP contribution in [0.1, 0.15) is 20.3 Å². The number of carbonyl (C=O) groups is 1. The molecule has 2 nitrogen and oxygen atoms in total. The molecular formula is C10H15FO2. The summed E-state index contributed by atoms with van der Waals surface area (Å²) in [4.78, 5) is 10.9.